The van der Waals surface area contributed by atoms with Gasteiger partial charge in [0.15, 0.2) is 0 Å². The molecule has 1 fully saturated rings. The summed E-state index contributed by atoms with van der Waals surface area (Å²) in [5.41, 5.74) is 10.2. The predicted molar refractivity (Wildman–Crippen MR) is 144 cm³/mol. The Balaban J connectivity index is 0.000000130. The first-order chi connectivity index (χ1) is 17.7. The molecule has 4 aromatic rings. The van der Waals surface area contributed by atoms with Gasteiger partial charge in [0.2, 0.25) is 0 Å². The molecule has 2 aromatic heterocycles. The summed E-state index contributed by atoms with van der Waals surface area (Å²) in [6, 6.07) is 16.5. The Morgan fingerprint density at radius 1 is 0.750 bits per heavy atom. The van der Waals surface area contributed by atoms with Gasteiger partial charge in [0.1, 0.15) is 12.2 Å². The minimum Gasteiger partial charge on any atom is -0.369 e. The predicted octanol–water partition coefficient (Wildman–Crippen LogP) is 3.95. The molecule has 1 saturated heterocycles. The number of halogens is 2. The van der Waals surface area contributed by atoms with Crippen LogP contribution in [0.4, 0.5) is 0 Å². The van der Waals surface area contributed by atoms with Gasteiger partial charge in [-0.3, -0.25) is 14.3 Å². The SMILES string of the molecule is ClCCCl.NCC1OCCn2nc3ccccc3c21.c1ccc2c3n(nc2c1)CCOC3CN1CC1. The highest BCUT2D eigenvalue weighted by Crippen LogP contribution is 2.31. The number of fused-ring (bicyclic) bond motifs is 6. The molecule has 0 aliphatic carbocycles. The zero-order valence-electron chi connectivity index (χ0n) is 20.2. The van der Waals surface area contributed by atoms with Gasteiger partial charge in [-0.25, -0.2) is 0 Å². The van der Waals surface area contributed by atoms with E-state index in [4.69, 9.17) is 38.4 Å². The molecular weight excluding hydrogens is 499 g/mol. The molecule has 0 amide bonds. The molecule has 3 aliphatic heterocycles. The van der Waals surface area contributed by atoms with E-state index in [0.29, 0.717) is 24.9 Å². The fourth-order valence-electron chi connectivity index (χ4n) is 4.75. The zero-order valence-corrected chi connectivity index (χ0v) is 21.7. The lowest BCUT2D eigenvalue weighted by Crippen LogP contribution is -2.27. The van der Waals surface area contributed by atoms with E-state index < -0.39 is 0 Å². The van der Waals surface area contributed by atoms with Crippen molar-refractivity contribution in [3.05, 3.63) is 59.9 Å². The van der Waals surface area contributed by atoms with Crippen LogP contribution >= 0.6 is 23.2 Å². The highest BCUT2D eigenvalue weighted by molar-refractivity contribution is 6.25. The lowest BCUT2D eigenvalue weighted by Gasteiger charge is -2.25. The normalized spacial score (nSPS) is 20.6. The molecule has 0 radical (unpaired) electrons. The monoisotopic (exact) mass is 530 g/mol. The number of aromatic nitrogens is 4. The van der Waals surface area contributed by atoms with Gasteiger partial charge >= 0.3 is 0 Å². The Kier molecular flexibility index (Phi) is 8.41. The van der Waals surface area contributed by atoms with E-state index in [0.717, 1.165) is 48.4 Å². The van der Waals surface area contributed by atoms with Crippen molar-refractivity contribution in [1.29, 1.82) is 0 Å². The molecule has 10 heteroatoms. The summed E-state index contributed by atoms with van der Waals surface area (Å²) < 4.78 is 15.7. The second-order valence-corrected chi connectivity index (χ2v) is 9.64. The Morgan fingerprint density at radius 2 is 1.25 bits per heavy atom. The highest BCUT2D eigenvalue weighted by atomic mass is 35.5. The lowest BCUT2D eigenvalue weighted by atomic mass is 10.1. The van der Waals surface area contributed by atoms with Crippen molar-refractivity contribution in [1.82, 2.24) is 24.5 Å². The first-order valence-electron chi connectivity index (χ1n) is 12.4. The van der Waals surface area contributed by atoms with Gasteiger partial charge in [0.05, 0.1) is 48.7 Å². The molecule has 3 aliphatic rings. The Labute approximate surface area is 220 Å². The van der Waals surface area contributed by atoms with E-state index in [1.807, 2.05) is 28.9 Å². The Morgan fingerprint density at radius 3 is 1.75 bits per heavy atom. The summed E-state index contributed by atoms with van der Waals surface area (Å²) in [5.74, 6) is 1.11. The van der Waals surface area contributed by atoms with E-state index in [1.165, 1.54) is 24.2 Å². The quantitative estimate of drug-likeness (QED) is 0.317. The molecule has 0 spiro atoms. The number of rotatable bonds is 4. The van der Waals surface area contributed by atoms with Gasteiger partial charge in [-0.15, -0.1) is 23.2 Å². The van der Waals surface area contributed by atoms with Gasteiger partial charge in [0, 0.05) is 48.7 Å². The van der Waals surface area contributed by atoms with E-state index in [-0.39, 0.29) is 12.2 Å². The number of nitrogens with two attached hydrogens (primary N) is 1. The van der Waals surface area contributed by atoms with Crippen molar-refractivity contribution >= 4 is 45.0 Å². The van der Waals surface area contributed by atoms with Gasteiger partial charge in [0.25, 0.3) is 0 Å². The highest BCUT2D eigenvalue weighted by Gasteiger charge is 2.30. The minimum atomic E-state index is -0.00819. The van der Waals surface area contributed by atoms with Crippen LogP contribution in [0.25, 0.3) is 21.8 Å². The standard InChI is InChI=1S/C13H15N3O.C11H13N3O.C2H4Cl2/c1-2-4-11-10(3-1)13-12(9-15-5-6-15)17-8-7-16(13)14-11;12-7-10-11-8-3-1-2-4-9(8)13-14(11)5-6-15-10;3-1-2-4/h1-4,12H,5-9H2;1-4,10H,5-7,12H2;1-2H2. The van der Waals surface area contributed by atoms with E-state index >= 15 is 0 Å². The zero-order chi connectivity index (χ0) is 24.9. The molecule has 5 heterocycles. The third kappa shape index (κ3) is 5.54. The Bertz CT molecular complexity index is 1290. The fourth-order valence-corrected chi connectivity index (χ4v) is 4.75. The number of alkyl halides is 2. The molecule has 2 atom stereocenters. The van der Waals surface area contributed by atoms with E-state index in [1.54, 1.807) is 0 Å². The largest absolute Gasteiger partial charge is 0.369 e. The van der Waals surface area contributed by atoms with Crippen molar-refractivity contribution in [2.24, 2.45) is 5.73 Å². The molecule has 36 heavy (non-hydrogen) atoms. The maximum atomic E-state index is 5.92. The maximum absolute atomic E-state index is 5.92. The first kappa shape index (κ1) is 25.4. The van der Waals surface area contributed by atoms with Crippen LogP contribution in [0.15, 0.2) is 48.5 Å². The van der Waals surface area contributed by atoms with Gasteiger partial charge < -0.3 is 15.2 Å². The summed E-state index contributed by atoms with van der Waals surface area (Å²) in [6.07, 6.45) is 0.185. The summed E-state index contributed by atoms with van der Waals surface area (Å²) in [4.78, 5) is 2.40. The molecule has 2 aromatic carbocycles. The second kappa shape index (κ2) is 11.9. The fraction of sp³-hybridized carbons (Fsp3) is 0.462. The third-order valence-electron chi connectivity index (χ3n) is 6.48. The molecule has 2 N–H and O–H groups in total. The maximum Gasteiger partial charge on any atom is 0.112 e. The number of hydrogen-bond donors (Lipinski definition) is 1. The number of ether oxygens (including phenoxy) is 2. The average molecular weight is 531 g/mol. The summed E-state index contributed by atoms with van der Waals surface area (Å²) in [7, 11) is 0. The van der Waals surface area contributed by atoms with Crippen molar-refractivity contribution in [2.45, 2.75) is 25.3 Å². The van der Waals surface area contributed by atoms with Crippen molar-refractivity contribution in [3.8, 4) is 0 Å². The van der Waals surface area contributed by atoms with Gasteiger partial charge in [-0.05, 0) is 12.1 Å². The van der Waals surface area contributed by atoms with E-state index in [9.17, 15) is 0 Å². The summed E-state index contributed by atoms with van der Waals surface area (Å²) in [6.45, 7) is 7.12. The van der Waals surface area contributed by atoms with Gasteiger partial charge in [-0.1, -0.05) is 36.4 Å². The summed E-state index contributed by atoms with van der Waals surface area (Å²) >= 11 is 10.1. The Hall–Kier alpha value is -2.20. The van der Waals surface area contributed by atoms with Crippen molar-refractivity contribution in [3.63, 3.8) is 0 Å². The molecule has 0 saturated carbocycles. The number of nitrogens with zero attached hydrogens (tertiary/aromatic N) is 5. The number of benzene rings is 2. The van der Waals surface area contributed by atoms with Gasteiger partial charge in [-0.2, -0.15) is 10.2 Å². The van der Waals surface area contributed by atoms with Crippen LogP contribution in [0.2, 0.25) is 0 Å². The molecule has 0 bridgehead atoms. The minimum absolute atomic E-state index is 0.00819. The smallest absolute Gasteiger partial charge is 0.112 e. The summed E-state index contributed by atoms with van der Waals surface area (Å²) in [5, 5.41) is 11.6. The number of hydrogen-bond acceptors (Lipinski definition) is 6. The van der Waals surface area contributed by atoms with E-state index in [2.05, 4.69) is 44.0 Å². The molecule has 192 valence electrons. The van der Waals surface area contributed by atoms with Crippen LogP contribution in [-0.2, 0) is 22.6 Å². The van der Waals surface area contributed by atoms with Crippen LogP contribution < -0.4 is 5.73 Å². The first-order valence-corrected chi connectivity index (χ1v) is 13.5. The van der Waals surface area contributed by atoms with Crippen molar-refractivity contribution < 1.29 is 9.47 Å². The molecule has 2 unspecified atom stereocenters. The average Bonchev–Trinajstić information content (AvgIpc) is 3.53. The molecular formula is C26H32Cl2N6O2. The second-order valence-electron chi connectivity index (χ2n) is 8.88. The van der Waals surface area contributed by atoms with Crippen LogP contribution in [0.3, 0.4) is 0 Å². The molecule has 7 rings (SSSR count). The topological polar surface area (TPSA) is 83.1 Å². The lowest BCUT2D eigenvalue weighted by molar-refractivity contribution is 0.0102. The van der Waals surface area contributed by atoms with Crippen LogP contribution in [0.1, 0.15) is 23.6 Å². The third-order valence-corrected chi connectivity index (χ3v) is 7.05. The van der Waals surface area contributed by atoms with Crippen molar-refractivity contribution in [2.75, 3.05) is 51.2 Å². The van der Waals surface area contributed by atoms with Crippen LogP contribution in [0.5, 0.6) is 0 Å². The van der Waals surface area contributed by atoms with Crippen LogP contribution in [-0.4, -0.2) is 75.6 Å². The van der Waals surface area contributed by atoms with Crippen LogP contribution in [0, 0.1) is 0 Å². The molecule has 8 nitrogen and oxygen atoms in total.